The Morgan fingerprint density at radius 3 is 2.72 bits per heavy atom. The monoisotopic (exact) mass is 243 g/mol. The number of nitrogens with zero attached hydrogens (tertiary/aromatic N) is 3. The largest absolute Gasteiger partial charge is 0.294 e. The van der Waals surface area contributed by atoms with Crippen LogP contribution in [0.4, 0.5) is 0 Å². The SMILES string of the molecule is CCn1nc(C)cc1CC(=O)c1ccnc(C)c1. The summed E-state index contributed by atoms with van der Waals surface area (Å²) in [6.45, 7) is 6.64. The third-order valence-electron chi connectivity index (χ3n) is 2.85. The fraction of sp³-hybridized carbons (Fsp3) is 0.357. The Kier molecular flexibility index (Phi) is 3.55. The van der Waals surface area contributed by atoms with Crippen LogP contribution in [0.2, 0.25) is 0 Å². The number of carbonyl (C=O) groups excluding carboxylic acids is 1. The topological polar surface area (TPSA) is 47.8 Å². The molecular formula is C14H17N3O. The molecule has 0 atom stereocenters. The Morgan fingerprint density at radius 2 is 2.06 bits per heavy atom. The first-order valence-electron chi connectivity index (χ1n) is 6.09. The molecule has 0 aliphatic rings. The summed E-state index contributed by atoms with van der Waals surface area (Å²) in [7, 11) is 0. The number of rotatable bonds is 4. The van der Waals surface area contributed by atoms with Crippen molar-refractivity contribution in [3.63, 3.8) is 0 Å². The number of hydrogen-bond acceptors (Lipinski definition) is 3. The molecule has 4 nitrogen and oxygen atoms in total. The Hall–Kier alpha value is -1.97. The van der Waals surface area contributed by atoms with E-state index in [1.807, 2.05) is 37.6 Å². The van der Waals surface area contributed by atoms with Crippen molar-refractivity contribution in [1.29, 1.82) is 0 Å². The van der Waals surface area contributed by atoms with Gasteiger partial charge in [-0.15, -0.1) is 0 Å². The molecule has 2 rings (SSSR count). The van der Waals surface area contributed by atoms with Gasteiger partial charge in [-0.3, -0.25) is 14.5 Å². The molecule has 0 saturated heterocycles. The van der Waals surface area contributed by atoms with Gasteiger partial charge in [0, 0.05) is 29.7 Å². The highest BCUT2D eigenvalue weighted by Crippen LogP contribution is 2.10. The van der Waals surface area contributed by atoms with Gasteiger partial charge >= 0.3 is 0 Å². The summed E-state index contributed by atoms with van der Waals surface area (Å²) in [5.41, 5.74) is 3.49. The summed E-state index contributed by atoms with van der Waals surface area (Å²) < 4.78 is 1.88. The predicted octanol–water partition coefficient (Wildman–Crippen LogP) is 2.34. The van der Waals surface area contributed by atoms with Crippen molar-refractivity contribution in [3.8, 4) is 0 Å². The van der Waals surface area contributed by atoms with E-state index in [0.717, 1.165) is 23.6 Å². The minimum absolute atomic E-state index is 0.107. The smallest absolute Gasteiger partial charge is 0.168 e. The fourth-order valence-electron chi connectivity index (χ4n) is 2.00. The number of pyridine rings is 1. The highest BCUT2D eigenvalue weighted by atomic mass is 16.1. The summed E-state index contributed by atoms with van der Waals surface area (Å²) >= 11 is 0. The van der Waals surface area contributed by atoms with Gasteiger partial charge in [-0.25, -0.2) is 0 Å². The first-order chi connectivity index (χ1) is 8.60. The van der Waals surface area contributed by atoms with E-state index in [1.54, 1.807) is 12.3 Å². The van der Waals surface area contributed by atoms with E-state index in [0.29, 0.717) is 12.0 Å². The average molecular weight is 243 g/mol. The molecule has 0 aliphatic heterocycles. The van der Waals surface area contributed by atoms with E-state index in [2.05, 4.69) is 10.1 Å². The first-order valence-corrected chi connectivity index (χ1v) is 6.09. The van der Waals surface area contributed by atoms with E-state index in [-0.39, 0.29) is 5.78 Å². The zero-order valence-corrected chi connectivity index (χ0v) is 11.0. The maximum atomic E-state index is 12.2. The molecule has 0 bridgehead atoms. The van der Waals surface area contributed by atoms with Crippen LogP contribution in [0.5, 0.6) is 0 Å². The van der Waals surface area contributed by atoms with Crippen molar-refractivity contribution in [3.05, 3.63) is 47.0 Å². The minimum Gasteiger partial charge on any atom is -0.294 e. The number of aryl methyl sites for hydroxylation is 3. The molecule has 4 heteroatoms. The Labute approximate surface area is 107 Å². The lowest BCUT2D eigenvalue weighted by atomic mass is 10.1. The molecule has 0 unspecified atom stereocenters. The molecule has 0 fully saturated rings. The Balaban J connectivity index is 2.21. The van der Waals surface area contributed by atoms with Gasteiger partial charge in [0.15, 0.2) is 5.78 Å². The van der Waals surface area contributed by atoms with Crippen molar-refractivity contribution in [2.45, 2.75) is 33.7 Å². The maximum Gasteiger partial charge on any atom is 0.168 e. The van der Waals surface area contributed by atoms with Crippen molar-refractivity contribution in [1.82, 2.24) is 14.8 Å². The molecule has 0 aromatic carbocycles. The minimum atomic E-state index is 0.107. The lowest BCUT2D eigenvalue weighted by molar-refractivity contribution is 0.0990. The lowest BCUT2D eigenvalue weighted by Gasteiger charge is -2.04. The second-order valence-electron chi connectivity index (χ2n) is 4.38. The van der Waals surface area contributed by atoms with Gasteiger partial charge in [0.25, 0.3) is 0 Å². The number of hydrogen-bond donors (Lipinski definition) is 0. The highest BCUT2D eigenvalue weighted by molar-refractivity contribution is 5.97. The third-order valence-corrected chi connectivity index (χ3v) is 2.85. The quantitative estimate of drug-likeness (QED) is 0.774. The van der Waals surface area contributed by atoms with Crippen LogP contribution in [-0.2, 0) is 13.0 Å². The molecule has 0 saturated carbocycles. The molecule has 0 radical (unpaired) electrons. The van der Waals surface area contributed by atoms with Gasteiger partial charge in [0.2, 0.25) is 0 Å². The van der Waals surface area contributed by atoms with Gasteiger partial charge in [-0.2, -0.15) is 5.10 Å². The van der Waals surface area contributed by atoms with E-state index < -0.39 is 0 Å². The normalized spacial score (nSPS) is 10.6. The summed E-state index contributed by atoms with van der Waals surface area (Å²) in [5, 5.41) is 4.35. The molecule has 0 aliphatic carbocycles. The van der Waals surface area contributed by atoms with Crippen molar-refractivity contribution < 1.29 is 4.79 Å². The second kappa shape index (κ2) is 5.12. The zero-order valence-electron chi connectivity index (χ0n) is 11.0. The lowest BCUT2D eigenvalue weighted by Crippen LogP contribution is -2.10. The third kappa shape index (κ3) is 2.64. The maximum absolute atomic E-state index is 12.2. The molecular weight excluding hydrogens is 226 g/mol. The first kappa shape index (κ1) is 12.5. The number of Topliss-reactive ketones (excluding diaryl/α,β-unsaturated/α-hetero) is 1. The van der Waals surface area contributed by atoms with Gasteiger partial charge < -0.3 is 0 Å². The van der Waals surface area contributed by atoms with E-state index in [4.69, 9.17) is 0 Å². The molecule has 2 aromatic rings. The average Bonchev–Trinajstić information content (AvgIpc) is 2.69. The van der Waals surface area contributed by atoms with Crippen LogP contribution < -0.4 is 0 Å². The van der Waals surface area contributed by atoms with Crippen LogP contribution in [0.25, 0.3) is 0 Å². The second-order valence-corrected chi connectivity index (χ2v) is 4.38. The molecule has 0 N–H and O–H groups in total. The van der Waals surface area contributed by atoms with Crippen molar-refractivity contribution >= 4 is 5.78 Å². The van der Waals surface area contributed by atoms with Gasteiger partial charge in [0.05, 0.1) is 12.1 Å². The van der Waals surface area contributed by atoms with E-state index in [1.165, 1.54) is 0 Å². The summed E-state index contributed by atoms with van der Waals surface area (Å²) in [5.74, 6) is 0.107. The van der Waals surface area contributed by atoms with Crippen LogP contribution in [0.3, 0.4) is 0 Å². The van der Waals surface area contributed by atoms with Gasteiger partial charge in [-0.05, 0) is 39.0 Å². The number of ketones is 1. The van der Waals surface area contributed by atoms with Gasteiger partial charge in [0.1, 0.15) is 0 Å². The van der Waals surface area contributed by atoms with E-state index in [9.17, 15) is 4.79 Å². The van der Waals surface area contributed by atoms with Gasteiger partial charge in [-0.1, -0.05) is 0 Å². The van der Waals surface area contributed by atoms with Crippen LogP contribution in [0.1, 0.15) is 34.4 Å². The summed E-state index contributed by atoms with van der Waals surface area (Å²) in [6.07, 6.45) is 2.06. The molecule has 94 valence electrons. The van der Waals surface area contributed by atoms with E-state index >= 15 is 0 Å². The highest BCUT2D eigenvalue weighted by Gasteiger charge is 2.11. The molecule has 2 aromatic heterocycles. The van der Waals surface area contributed by atoms with Crippen LogP contribution in [0, 0.1) is 13.8 Å². The molecule has 18 heavy (non-hydrogen) atoms. The van der Waals surface area contributed by atoms with Crippen LogP contribution in [0.15, 0.2) is 24.4 Å². The summed E-state index contributed by atoms with van der Waals surface area (Å²) in [6, 6.07) is 5.55. The molecule has 0 spiro atoms. The van der Waals surface area contributed by atoms with Crippen molar-refractivity contribution in [2.24, 2.45) is 0 Å². The van der Waals surface area contributed by atoms with Crippen molar-refractivity contribution in [2.75, 3.05) is 0 Å². The molecule has 2 heterocycles. The number of carbonyl (C=O) groups is 1. The fourth-order valence-corrected chi connectivity index (χ4v) is 2.00. The number of aromatic nitrogens is 3. The molecule has 0 amide bonds. The Bertz CT molecular complexity index is 572. The van der Waals surface area contributed by atoms with Crippen LogP contribution in [-0.4, -0.2) is 20.5 Å². The van der Waals surface area contributed by atoms with Crippen LogP contribution >= 0.6 is 0 Å². The predicted molar refractivity (Wildman–Crippen MR) is 69.6 cm³/mol. The standard InChI is InChI=1S/C14H17N3O/c1-4-17-13(8-11(3)16-17)9-14(18)12-5-6-15-10(2)7-12/h5-8H,4,9H2,1-3H3. The summed E-state index contributed by atoms with van der Waals surface area (Å²) in [4.78, 5) is 16.3. The zero-order chi connectivity index (χ0) is 13.1. The Morgan fingerprint density at radius 1 is 1.28 bits per heavy atom.